The molecule has 0 amide bonds. The fraction of sp³-hybridized carbons (Fsp3) is 0.600. The minimum atomic E-state index is 0.860. The van der Waals surface area contributed by atoms with Gasteiger partial charge >= 0.3 is 0 Å². The lowest BCUT2D eigenvalue weighted by Crippen LogP contribution is -3.17. The number of quaternary nitrogens is 2. The Labute approximate surface area is 105 Å². The average molecular weight is 234 g/mol. The van der Waals surface area contributed by atoms with E-state index in [0.29, 0.717) is 0 Å². The van der Waals surface area contributed by atoms with Crippen LogP contribution in [0.2, 0.25) is 0 Å². The van der Waals surface area contributed by atoms with Crippen LogP contribution in [0.15, 0.2) is 24.3 Å². The highest BCUT2D eigenvalue weighted by molar-refractivity contribution is 5.24. The van der Waals surface area contributed by atoms with Crippen molar-refractivity contribution < 1.29 is 9.80 Å². The zero-order valence-corrected chi connectivity index (χ0v) is 11.4. The van der Waals surface area contributed by atoms with Crippen LogP contribution in [0.25, 0.3) is 0 Å². The molecule has 1 heterocycles. The Hall–Kier alpha value is -0.860. The highest BCUT2D eigenvalue weighted by atomic mass is 15.2. The van der Waals surface area contributed by atoms with E-state index in [2.05, 4.69) is 45.3 Å². The fourth-order valence-electron chi connectivity index (χ4n) is 2.86. The maximum absolute atomic E-state index is 2.36. The van der Waals surface area contributed by atoms with Crippen molar-refractivity contribution in [2.24, 2.45) is 0 Å². The lowest BCUT2D eigenvalue weighted by Gasteiger charge is -2.31. The summed E-state index contributed by atoms with van der Waals surface area (Å²) in [5, 5.41) is 0. The Balaban J connectivity index is 1.93. The van der Waals surface area contributed by atoms with E-state index in [9.17, 15) is 0 Å². The Morgan fingerprint density at radius 1 is 1.24 bits per heavy atom. The smallest absolute Gasteiger partial charge is 0.103 e. The van der Waals surface area contributed by atoms with Crippen LogP contribution in [0.4, 0.5) is 0 Å². The highest BCUT2D eigenvalue weighted by Crippen LogP contribution is 2.05. The number of likely N-dealkylation sites (tertiary alicyclic amines) is 1. The first-order chi connectivity index (χ1) is 8.16. The Bertz CT molecular complexity index is 354. The molecule has 0 bridgehead atoms. The molecular formula is C15H26N2+2. The van der Waals surface area contributed by atoms with E-state index < -0.39 is 0 Å². The van der Waals surface area contributed by atoms with Gasteiger partial charge in [-0.15, -0.1) is 0 Å². The molecule has 2 nitrogen and oxygen atoms in total. The van der Waals surface area contributed by atoms with Gasteiger partial charge in [-0.2, -0.15) is 0 Å². The molecule has 1 aliphatic rings. The summed E-state index contributed by atoms with van der Waals surface area (Å²) in [6.07, 6.45) is 2.76. The molecule has 0 saturated carbocycles. The van der Waals surface area contributed by atoms with E-state index in [1.54, 1.807) is 9.80 Å². The lowest BCUT2D eigenvalue weighted by molar-refractivity contribution is -0.948. The first kappa shape index (κ1) is 12.6. The first-order valence-corrected chi connectivity index (χ1v) is 6.85. The summed E-state index contributed by atoms with van der Waals surface area (Å²) >= 11 is 0. The van der Waals surface area contributed by atoms with Gasteiger partial charge in [0.15, 0.2) is 0 Å². The predicted molar refractivity (Wildman–Crippen MR) is 71.4 cm³/mol. The molecule has 2 rings (SSSR count). The van der Waals surface area contributed by atoms with Gasteiger partial charge in [0.2, 0.25) is 0 Å². The average Bonchev–Trinajstić information content (AvgIpc) is 2.33. The molecule has 0 aliphatic carbocycles. The summed E-state index contributed by atoms with van der Waals surface area (Å²) in [5.41, 5.74) is 2.95. The SMILES string of the molecule is Cc1ccccc1C[NH+](C)C1CC[NH+](C)CC1. The molecule has 1 atom stereocenters. The number of rotatable bonds is 3. The second kappa shape index (κ2) is 5.65. The van der Waals surface area contributed by atoms with Gasteiger partial charge in [-0.1, -0.05) is 24.3 Å². The maximum atomic E-state index is 2.36. The minimum absolute atomic E-state index is 0.860. The number of hydrogen-bond acceptors (Lipinski definition) is 0. The largest absolute Gasteiger partial charge is 0.337 e. The van der Waals surface area contributed by atoms with Gasteiger partial charge in [0.1, 0.15) is 6.54 Å². The van der Waals surface area contributed by atoms with Gasteiger partial charge in [-0.05, 0) is 12.5 Å². The second-order valence-corrected chi connectivity index (χ2v) is 5.68. The molecule has 1 saturated heterocycles. The van der Waals surface area contributed by atoms with Crippen molar-refractivity contribution in [1.82, 2.24) is 0 Å². The number of benzene rings is 1. The Morgan fingerprint density at radius 3 is 2.53 bits per heavy atom. The predicted octanol–water partition coefficient (Wildman–Crippen LogP) is -0.313. The summed E-state index contributed by atoms with van der Waals surface area (Å²) in [6, 6.07) is 9.65. The van der Waals surface area contributed by atoms with Crippen LogP contribution < -0.4 is 9.80 Å². The summed E-state index contributed by atoms with van der Waals surface area (Å²) in [7, 11) is 4.67. The van der Waals surface area contributed by atoms with E-state index in [0.717, 1.165) is 6.04 Å². The first-order valence-electron chi connectivity index (χ1n) is 6.85. The lowest BCUT2D eigenvalue weighted by atomic mass is 10.0. The van der Waals surface area contributed by atoms with Crippen LogP contribution in [0, 0.1) is 6.92 Å². The van der Waals surface area contributed by atoms with E-state index in [1.807, 2.05) is 0 Å². The van der Waals surface area contributed by atoms with E-state index in [-0.39, 0.29) is 0 Å². The third kappa shape index (κ3) is 3.30. The van der Waals surface area contributed by atoms with Crippen LogP contribution in [0.1, 0.15) is 24.0 Å². The van der Waals surface area contributed by atoms with Gasteiger partial charge in [0, 0.05) is 18.4 Å². The molecule has 0 aromatic heterocycles. The molecule has 0 spiro atoms. The van der Waals surface area contributed by atoms with E-state index >= 15 is 0 Å². The standard InChI is InChI=1S/C15H24N2/c1-13-6-4-5-7-14(13)12-17(3)15-8-10-16(2)11-9-15/h4-7,15H,8-12H2,1-3H3/p+2. The summed E-state index contributed by atoms with van der Waals surface area (Å²) < 4.78 is 0. The quantitative estimate of drug-likeness (QED) is 0.710. The third-order valence-electron chi connectivity index (χ3n) is 4.27. The molecule has 94 valence electrons. The highest BCUT2D eigenvalue weighted by Gasteiger charge is 2.26. The number of nitrogens with one attached hydrogen (secondary N) is 2. The molecule has 1 fully saturated rings. The Kier molecular flexibility index (Phi) is 4.19. The van der Waals surface area contributed by atoms with Crippen LogP contribution in [0.5, 0.6) is 0 Å². The molecule has 17 heavy (non-hydrogen) atoms. The fourth-order valence-corrected chi connectivity index (χ4v) is 2.86. The molecule has 1 unspecified atom stereocenters. The zero-order chi connectivity index (χ0) is 12.3. The topological polar surface area (TPSA) is 8.88 Å². The van der Waals surface area contributed by atoms with Gasteiger partial charge < -0.3 is 9.80 Å². The van der Waals surface area contributed by atoms with E-state index in [1.165, 1.54) is 43.6 Å². The normalized spacial score (nSPS) is 26.8. The van der Waals surface area contributed by atoms with Crippen molar-refractivity contribution in [3.05, 3.63) is 35.4 Å². The second-order valence-electron chi connectivity index (χ2n) is 5.68. The minimum Gasteiger partial charge on any atom is -0.337 e. The number of piperidine rings is 1. The van der Waals surface area contributed by atoms with Crippen molar-refractivity contribution in [3.63, 3.8) is 0 Å². The maximum Gasteiger partial charge on any atom is 0.103 e. The van der Waals surface area contributed by atoms with Crippen molar-refractivity contribution in [2.45, 2.75) is 32.4 Å². The monoisotopic (exact) mass is 234 g/mol. The van der Waals surface area contributed by atoms with Gasteiger partial charge in [-0.3, -0.25) is 0 Å². The molecular weight excluding hydrogens is 208 g/mol. The van der Waals surface area contributed by atoms with Crippen LogP contribution in [0.3, 0.4) is 0 Å². The van der Waals surface area contributed by atoms with Crippen molar-refractivity contribution >= 4 is 0 Å². The third-order valence-corrected chi connectivity index (χ3v) is 4.27. The van der Waals surface area contributed by atoms with E-state index in [4.69, 9.17) is 0 Å². The van der Waals surface area contributed by atoms with Gasteiger partial charge in [0.05, 0.1) is 33.2 Å². The van der Waals surface area contributed by atoms with Crippen molar-refractivity contribution in [3.8, 4) is 0 Å². The molecule has 2 heteroatoms. The van der Waals surface area contributed by atoms with Crippen LogP contribution in [-0.4, -0.2) is 33.2 Å². The number of hydrogen-bond donors (Lipinski definition) is 2. The number of aryl methyl sites for hydroxylation is 1. The molecule has 1 aromatic rings. The summed E-state index contributed by atoms with van der Waals surface area (Å²) in [4.78, 5) is 3.39. The zero-order valence-electron chi connectivity index (χ0n) is 11.4. The van der Waals surface area contributed by atoms with Crippen LogP contribution in [-0.2, 0) is 6.54 Å². The summed E-state index contributed by atoms with van der Waals surface area (Å²) in [5.74, 6) is 0. The molecule has 2 N–H and O–H groups in total. The Morgan fingerprint density at radius 2 is 1.88 bits per heavy atom. The molecule has 1 aliphatic heterocycles. The summed E-state index contributed by atoms with van der Waals surface area (Å²) in [6.45, 7) is 6.09. The van der Waals surface area contributed by atoms with Crippen LogP contribution >= 0.6 is 0 Å². The van der Waals surface area contributed by atoms with Gasteiger partial charge in [-0.25, -0.2) is 0 Å². The molecule has 0 radical (unpaired) electrons. The molecule has 1 aromatic carbocycles. The van der Waals surface area contributed by atoms with Gasteiger partial charge in [0.25, 0.3) is 0 Å². The van der Waals surface area contributed by atoms with Crippen molar-refractivity contribution in [1.29, 1.82) is 0 Å². The van der Waals surface area contributed by atoms with Crippen molar-refractivity contribution in [2.75, 3.05) is 27.2 Å².